The average molecular weight is 403 g/mol. The van der Waals surface area contributed by atoms with Gasteiger partial charge in [-0.05, 0) is 46.9 Å². The molecule has 5 nitrogen and oxygen atoms in total. The highest BCUT2D eigenvalue weighted by atomic mass is 127. The number of anilines is 1. The second-order valence-electron chi connectivity index (χ2n) is 4.27. The lowest BCUT2D eigenvalue weighted by Crippen LogP contribution is -2.30. The van der Waals surface area contributed by atoms with Crippen LogP contribution in [0, 0.1) is 3.57 Å². The summed E-state index contributed by atoms with van der Waals surface area (Å²) in [6.45, 7) is 0. The van der Waals surface area contributed by atoms with Gasteiger partial charge in [0.1, 0.15) is 5.25 Å². The minimum Gasteiger partial charge on any atom is -0.326 e. The van der Waals surface area contributed by atoms with E-state index >= 15 is 0 Å². The summed E-state index contributed by atoms with van der Waals surface area (Å²) in [6, 6.07) is 7.52. The van der Waals surface area contributed by atoms with Crippen LogP contribution in [0.4, 0.5) is 5.69 Å². The Bertz CT molecular complexity index is 559. The van der Waals surface area contributed by atoms with Crippen molar-refractivity contribution in [3.05, 3.63) is 27.8 Å². The first kappa shape index (κ1) is 15.3. The Morgan fingerprint density at radius 3 is 2.65 bits per heavy atom. The molecule has 2 amide bonds. The molecule has 1 aliphatic heterocycles. The topological polar surface area (TPSA) is 61.8 Å². The van der Waals surface area contributed by atoms with Crippen LogP contribution in [0.25, 0.3) is 0 Å². The molecule has 1 aromatic rings. The predicted molar refractivity (Wildman–Crippen MR) is 89.9 cm³/mol. The highest BCUT2D eigenvalue weighted by molar-refractivity contribution is 14.1. The second kappa shape index (κ2) is 6.57. The van der Waals surface area contributed by atoms with E-state index in [0.717, 1.165) is 9.26 Å². The van der Waals surface area contributed by atoms with E-state index in [1.54, 1.807) is 14.1 Å². The van der Waals surface area contributed by atoms with Gasteiger partial charge in [-0.1, -0.05) is 11.8 Å². The average Bonchev–Trinajstić information content (AvgIpc) is 2.69. The van der Waals surface area contributed by atoms with E-state index in [-0.39, 0.29) is 23.5 Å². The number of rotatable bonds is 3. The summed E-state index contributed by atoms with van der Waals surface area (Å²) in [4.78, 5) is 29.4. The molecule has 0 radical (unpaired) electrons. The Labute approximate surface area is 135 Å². The first-order valence-electron chi connectivity index (χ1n) is 5.97. The van der Waals surface area contributed by atoms with E-state index in [9.17, 15) is 9.59 Å². The van der Waals surface area contributed by atoms with Crippen molar-refractivity contribution in [3.63, 3.8) is 0 Å². The molecule has 1 atom stereocenters. The van der Waals surface area contributed by atoms with E-state index in [4.69, 9.17) is 0 Å². The first-order chi connectivity index (χ1) is 9.51. The lowest BCUT2D eigenvalue weighted by Gasteiger charge is -2.09. The molecule has 1 heterocycles. The lowest BCUT2D eigenvalue weighted by molar-refractivity contribution is -0.127. The molecule has 0 bridgehead atoms. The zero-order valence-corrected chi connectivity index (χ0v) is 14.1. The number of hydrogen-bond acceptors (Lipinski definition) is 4. The van der Waals surface area contributed by atoms with Gasteiger partial charge in [-0.3, -0.25) is 19.5 Å². The van der Waals surface area contributed by atoms with Gasteiger partial charge >= 0.3 is 0 Å². The van der Waals surface area contributed by atoms with Gasteiger partial charge in [0.05, 0.1) is 0 Å². The Morgan fingerprint density at radius 1 is 1.45 bits per heavy atom. The molecule has 1 aromatic carbocycles. The molecule has 0 spiro atoms. The highest BCUT2D eigenvalue weighted by Gasteiger charge is 2.36. The molecule has 2 rings (SSSR count). The fourth-order valence-corrected chi connectivity index (χ4v) is 3.27. The molecule has 0 saturated carbocycles. The number of aliphatic imine (C=N–C) groups is 1. The number of nitrogens with zero attached hydrogens (tertiary/aromatic N) is 2. The minimum atomic E-state index is -0.387. The van der Waals surface area contributed by atoms with Crippen LogP contribution in [0.1, 0.15) is 6.42 Å². The number of halogens is 1. The molecule has 1 aliphatic rings. The van der Waals surface area contributed by atoms with Crippen molar-refractivity contribution in [1.82, 2.24) is 4.90 Å². The highest BCUT2D eigenvalue weighted by Crippen LogP contribution is 2.28. The molecule has 0 aromatic heterocycles. The lowest BCUT2D eigenvalue weighted by atomic mass is 10.2. The fraction of sp³-hybridized carbons (Fsp3) is 0.308. The standard InChI is InChI=1S/C13H14IN3O2S/c1-15-13-17(2)12(19)10(20-13)7-11(18)16-9-5-3-8(14)4-6-9/h3-6,10H,7H2,1-2H3,(H,16,18)/t10-/m1/s1. The van der Waals surface area contributed by atoms with Crippen molar-refractivity contribution in [2.45, 2.75) is 11.7 Å². The fourth-order valence-electron chi connectivity index (χ4n) is 1.81. The van der Waals surface area contributed by atoms with Gasteiger partial charge < -0.3 is 5.32 Å². The quantitative estimate of drug-likeness (QED) is 0.788. The van der Waals surface area contributed by atoms with Gasteiger partial charge in [-0.15, -0.1) is 0 Å². The van der Waals surface area contributed by atoms with Gasteiger partial charge in [-0.25, -0.2) is 0 Å². The minimum absolute atomic E-state index is 0.0756. The summed E-state index contributed by atoms with van der Waals surface area (Å²) in [6.07, 6.45) is 0.152. The van der Waals surface area contributed by atoms with E-state index in [1.807, 2.05) is 24.3 Å². The van der Waals surface area contributed by atoms with Gasteiger partial charge in [0, 0.05) is 29.8 Å². The summed E-state index contributed by atoms with van der Waals surface area (Å²) in [5, 5.41) is 3.07. The molecular formula is C13H14IN3O2S. The number of amidine groups is 1. The smallest absolute Gasteiger partial charge is 0.242 e. The number of amides is 2. The number of nitrogens with one attached hydrogen (secondary N) is 1. The third-order valence-electron chi connectivity index (χ3n) is 2.83. The van der Waals surface area contributed by atoms with Gasteiger partial charge in [-0.2, -0.15) is 0 Å². The monoisotopic (exact) mass is 403 g/mol. The molecule has 106 valence electrons. The molecular weight excluding hydrogens is 389 g/mol. The number of hydrogen-bond donors (Lipinski definition) is 1. The van der Waals surface area contributed by atoms with E-state index < -0.39 is 0 Å². The maximum atomic E-state index is 12.0. The van der Waals surface area contributed by atoms with Crippen LogP contribution in [-0.4, -0.2) is 41.2 Å². The zero-order chi connectivity index (χ0) is 14.7. The van der Waals surface area contributed by atoms with E-state index in [2.05, 4.69) is 32.9 Å². The number of thioether (sulfide) groups is 1. The maximum Gasteiger partial charge on any atom is 0.242 e. The molecule has 1 fully saturated rings. The zero-order valence-electron chi connectivity index (χ0n) is 11.1. The molecule has 0 aliphatic carbocycles. The summed E-state index contributed by atoms with van der Waals surface area (Å²) >= 11 is 3.53. The number of carbonyl (C=O) groups excluding carboxylic acids is 2. The Morgan fingerprint density at radius 2 is 2.10 bits per heavy atom. The molecule has 1 saturated heterocycles. The van der Waals surface area contributed by atoms with Crippen LogP contribution >= 0.6 is 34.4 Å². The largest absolute Gasteiger partial charge is 0.326 e. The van der Waals surface area contributed by atoms with Gasteiger partial charge in [0.15, 0.2) is 5.17 Å². The van der Waals surface area contributed by atoms with Crippen molar-refractivity contribution in [3.8, 4) is 0 Å². The Balaban J connectivity index is 1.95. The maximum absolute atomic E-state index is 12.0. The SMILES string of the molecule is CN=C1S[C@H](CC(=O)Nc2ccc(I)cc2)C(=O)N1C. The van der Waals surface area contributed by atoms with Crippen LogP contribution in [0.2, 0.25) is 0 Å². The van der Waals surface area contributed by atoms with Crippen molar-refractivity contribution >= 4 is 57.0 Å². The summed E-state index contributed by atoms with van der Waals surface area (Å²) in [7, 11) is 3.31. The van der Waals surface area contributed by atoms with E-state index in [0.29, 0.717) is 5.17 Å². The van der Waals surface area contributed by atoms with Crippen molar-refractivity contribution in [1.29, 1.82) is 0 Å². The molecule has 0 unspecified atom stereocenters. The number of carbonyl (C=O) groups is 2. The predicted octanol–water partition coefficient (Wildman–Crippen LogP) is 2.18. The molecule has 7 heteroatoms. The van der Waals surface area contributed by atoms with Crippen LogP contribution in [0.15, 0.2) is 29.3 Å². The third kappa shape index (κ3) is 3.51. The van der Waals surface area contributed by atoms with Crippen LogP contribution < -0.4 is 5.32 Å². The third-order valence-corrected chi connectivity index (χ3v) is 4.87. The second-order valence-corrected chi connectivity index (χ2v) is 6.68. The first-order valence-corrected chi connectivity index (χ1v) is 7.93. The van der Waals surface area contributed by atoms with Crippen LogP contribution in [-0.2, 0) is 9.59 Å². The molecule has 1 N–H and O–H groups in total. The number of benzene rings is 1. The van der Waals surface area contributed by atoms with Gasteiger partial charge in [0.25, 0.3) is 0 Å². The van der Waals surface area contributed by atoms with Crippen LogP contribution in [0.3, 0.4) is 0 Å². The van der Waals surface area contributed by atoms with Crippen molar-refractivity contribution in [2.75, 3.05) is 19.4 Å². The summed E-state index contributed by atoms with van der Waals surface area (Å²) in [5.74, 6) is -0.240. The van der Waals surface area contributed by atoms with Crippen molar-refractivity contribution < 1.29 is 9.59 Å². The Kier molecular flexibility index (Phi) is 5.03. The normalized spacial score (nSPS) is 20.6. The Hall–Kier alpha value is -1.09. The van der Waals surface area contributed by atoms with Gasteiger partial charge in [0.2, 0.25) is 11.8 Å². The summed E-state index contributed by atoms with van der Waals surface area (Å²) in [5.41, 5.74) is 0.739. The van der Waals surface area contributed by atoms with E-state index in [1.165, 1.54) is 16.7 Å². The molecule has 20 heavy (non-hydrogen) atoms. The summed E-state index contributed by atoms with van der Waals surface area (Å²) < 4.78 is 1.10. The van der Waals surface area contributed by atoms with Crippen LogP contribution in [0.5, 0.6) is 0 Å². The van der Waals surface area contributed by atoms with Crippen molar-refractivity contribution in [2.24, 2.45) is 4.99 Å².